The van der Waals surface area contributed by atoms with Gasteiger partial charge in [-0.3, -0.25) is 54.6 Å². The number of nitrogens with two attached hydrogens (primary N) is 5. The lowest BCUT2D eigenvalue weighted by atomic mass is 9.96. The summed E-state index contributed by atoms with van der Waals surface area (Å²) in [5.41, 5.74) is 31.4. The molecule has 95 heavy (non-hydrogen) atoms. The molecule has 0 unspecified atom stereocenters. The Morgan fingerprint density at radius 3 is 1.23 bits per heavy atom. The summed E-state index contributed by atoms with van der Waals surface area (Å²) in [4.78, 5) is 127. The van der Waals surface area contributed by atoms with E-state index in [2.05, 4.69) is 36.9 Å². The number of Topliss-reactive ketones (excluding diaryl/α,β-unsaturated/α-hetero) is 4. The number of rotatable bonds is 39. The van der Waals surface area contributed by atoms with Gasteiger partial charge >= 0.3 is 5.97 Å². The minimum atomic E-state index is -1.38. The molecule has 6 aromatic rings. The Morgan fingerprint density at radius 1 is 0.495 bits per heavy atom. The maximum absolute atomic E-state index is 14.5. The quantitative estimate of drug-likeness (QED) is 0.0149. The molecule has 29 heteroatoms. The number of aliphatic carboxylic acids is 1. The highest BCUT2D eigenvalue weighted by Crippen LogP contribution is 2.27. The highest BCUT2D eigenvalue weighted by molar-refractivity contribution is 6.04. The largest absolute Gasteiger partial charge is 0.496 e. The highest BCUT2D eigenvalue weighted by Gasteiger charge is 2.30. The van der Waals surface area contributed by atoms with Gasteiger partial charge in [0.25, 0.3) is 23.6 Å². The third-order valence-corrected chi connectivity index (χ3v) is 15.3. The molecule has 0 radical (unpaired) electrons. The molecule has 6 rings (SSSR count). The fourth-order valence-corrected chi connectivity index (χ4v) is 10.5. The third-order valence-electron chi connectivity index (χ3n) is 15.3. The molecule has 504 valence electrons. The molecule has 1 heterocycles. The molecule has 0 fully saturated rings. The van der Waals surface area contributed by atoms with Gasteiger partial charge in [0, 0.05) is 62.4 Å². The van der Waals surface area contributed by atoms with Crippen LogP contribution in [0.1, 0.15) is 108 Å². The van der Waals surface area contributed by atoms with Gasteiger partial charge in [-0.15, -0.1) is 0 Å². The molecule has 0 saturated carbocycles. The van der Waals surface area contributed by atoms with Crippen molar-refractivity contribution < 1.29 is 67.2 Å². The number of aromatic nitrogens is 1. The van der Waals surface area contributed by atoms with E-state index in [9.17, 15) is 48.3 Å². The Labute approximate surface area is 547 Å². The van der Waals surface area contributed by atoms with Gasteiger partial charge in [0.1, 0.15) is 23.0 Å². The Kier molecular flexibility index (Phi) is 27.1. The van der Waals surface area contributed by atoms with E-state index in [0.29, 0.717) is 16.7 Å². The van der Waals surface area contributed by atoms with Gasteiger partial charge in [-0.25, -0.2) is 4.79 Å². The fourth-order valence-electron chi connectivity index (χ4n) is 10.5. The summed E-state index contributed by atoms with van der Waals surface area (Å²) >= 11 is 0. The van der Waals surface area contributed by atoms with E-state index in [1.165, 1.54) is 69.9 Å². The second kappa shape index (κ2) is 35.5. The number of H-pyrrole nitrogens is 1. The first-order chi connectivity index (χ1) is 45.4. The number of guanidine groups is 3. The molecular formula is C66H81N15O14. The summed E-state index contributed by atoms with van der Waals surface area (Å²) in [5.74, 6) is -7.21. The number of aromatic amines is 1. The number of carbonyl (C=O) groups is 9. The topological polar surface area (TPSA) is 500 Å². The van der Waals surface area contributed by atoms with Crippen LogP contribution in [0.2, 0.25) is 0 Å². The van der Waals surface area contributed by atoms with E-state index >= 15 is 0 Å². The van der Waals surface area contributed by atoms with Crippen LogP contribution in [0.5, 0.6) is 23.0 Å². The van der Waals surface area contributed by atoms with E-state index in [-0.39, 0.29) is 158 Å². The molecule has 0 aliphatic rings. The molecular weight excluding hydrogens is 1230 g/mol. The molecule has 21 N–H and O–H groups in total. The monoisotopic (exact) mass is 1310 g/mol. The first kappa shape index (κ1) is 72.7. The number of benzene rings is 5. The summed E-state index contributed by atoms with van der Waals surface area (Å²) in [6, 6.07) is 20.6. The maximum atomic E-state index is 14.5. The standard InChI is InChI=1S/C66H81N15O14/c1-92-55-18-14-36(25-42(55)60(68)88)30-52(83)50(13-8-24-77-66(73)74)81-63(91)45-28-39(17-21-58(45)95-35-59(86)87)32-54(85)49(12-7-23-76-65(71)72)80-62(90)44-27-38(16-20-57(44)94-3)31-53(84)48(11-6-22-75-64(69)70)79-61(89)43-26-37(15-19-56(43)93-2)29-51(82)46(67)33-40-34-78-47-10-5-4-9-41(40)47/h4-5,9-10,14-21,25-28,34,46,48-50,78H,6-8,11-13,22-24,29-33,35,67H2,1-3H3,(H2,68,88)(H,79,89)(H,80,90)(H,81,91)(H,86,87)(H4,69,70,75)(H4,71,72,76)(H4,73,74,77)/t46-,48-,49-,50-/m1/s1. The minimum absolute atomic E-state index is 0.0141. The van der Waals surface area contributed by atoms with Crippen LogP contribution in [-0.4, -0.2) is 152 Å². The van der Waals surface area contributed by atoms with Crippen molar-refractivity contribution in [2.75, 3.05) is 47.6 Å². The summed E-state index contributed by atoms with van der Waals surface area (Å²) < 4.78 is 21.9. The molecule has 0 saturated heterocycles. The van der Waals surface area contributed by atoms with Crippen molar-refractivity contribution in [2.45, 2.75) is 94.8 Å². The van der Waals surface area contributed by atoms with Crippen molar-refractivity contribution in [2.24, 2.45) is 28.7 Å². The number of methoxy groups -OCH3 is 3. The lowest BCUT2D eigenvalue weighted by Crippen LogP contribution is -2.43. The van der Waals surface area contributed by atoms with Crippen LogP contribution in [0.3, 0.4) is 0 Å². The number of hydrogen-bond donors (Lipinski definition) is 16. The Bertz CT molecular complexity index is 3830. The number of carboxylic acids is 1. The normalized spacial score (nSPS) is 12.1. The number of ether oxygens (including phenoxy) is 4. The maximum Gasteiger partial charge on any atom is 0.341 e. The van der Waals surface area contributed by atoms with Gasteiger partial charge in [0.05, 0.1) is 67.8 Å². The number of amides is 4. The summed E-state index contributed by atoms with van der Waals surface area (Å²) in [6.07, 6.45) is 1.68. The Balaban J connectivity index is 1.22. The predicted molar refractivity (Wildman–Crippen MR) is 353 cm³/mol. The molecule has 4 atom stereocenters. The summed E-state index contributed by atoms with van der Waals surface area (Å²) in [7, 11) is 4.03. The van der Waals surface area contributed by atoms with Gasteiger partial charge in [-0.1, -0.05) is 42.5 Å². The van der Waals surface area contributed by atoms with Crippen LogP contribution in [0.4, 0.5) is 0 Å². The summed E-state index contributed by atoms with van der Waals surface area (Å²) in [5, 5.41) is 49.6. The van der Waals surface area contributed by atoms with Crippen molar-refractivity contribution >= 4 is 81.5 Å². The molecule has 0 spiro atoms. The summed E-state index contributed by atoms with van der Waals surface area (Å²) in [6.45, 7) is -0.438. The number of nitrogens with one attached hydrogen (secondary N) is 10. The average molecular weight is 1310 g/mol. The van der Waals surface area contributed by atoms with Crippen molar-refractivity contribution in [3.63, 3.8) is 0 Å². The minimum Gasteiger partial charge on any atom is -0.496 e. The number of hydrogen-bond acceptors (Lipinski definition) is 17. The van der Waals surface area contributed by atoms with E-state index in [0.717, 1.165) is 16.5 Å². The average Bonchev–Trinajstić information content (AvgIpc) is 1.58. The predicted octanol–water partition coefficient (Wildman–Crippen LogP) is 1.96. The number of para-hydroxylation sites is 1. The van der Waals surface area contributed by atoms with Crippen molar-refractivity contribution in [3.8, 4) is 23.0 Å². The molecule has 1 aromatic heterocycles. The lowest BCUT2D eigenvalue weighted by Gasteiger charge is -2.21. The second-order valence-electron chi connectivity index (χ2n) is 22.2. The van der Waals surface area contributed by atoms with Crippen LogP contribution >= 0.6 is 0 Å². The van der Waals surface area contributed by atoms with Gasteiger partial charge in [-0.05, 0) is 127 Å². The number of carbonyl (C=O) groups excluding carboxylic acids is 8. The zero-order valence-electron chi connectivity index (χ0n) is 52.9. The van der Waals surface area contributed by atoms with E-state index in [4.69, 9.17) is 63.8 Å². The van der Waals surface area contributed by atoms with Gasteiger partial charge < -0.3 is 89.6 Å². The van der Waals surface area contributed by atoms with E-state index < -0.39 is 84.1 Å². The number of primary amides is 1. The smallest absolute Gasteiger partial charge is 0.341 e. The SMILES string of the molecule is COc1ccc(CC(=O)[C@@H](CCCNC(=N)N)NC(=O)c2cc(CC(=O)[C@@H](CCCNC(=N)N)NC(=O)c3cc(CC(=O)[C@@H](CCCNC(=N)N)NC(=O)c4cc(CC(=O)[C@H](N)Cc5c[nH]c6ccccc56)ccc4OC)ccc3OC)ccc2OCC(=O)O)cc1C(N)=O. The van der Waals surface area contributed by atoms with Crippen LogP contribution in [0.25, 0.3) is 10.9 Å². The number of ketones is 4. The Morgan fingerprint density at radius 2 is 0.853 bits per heavy atom. The third kappa shape index (κ3) is 21.9. The van der Waals surface area contributed by atoms with Gasteiger partial charge in [-0.2, -0.15) is 0 Å². The van der Waals surface area contributed by atoms with E-state index in [1.54, 1.807) is 24.3 Å². The lowest BCUT2D eigenvalue weighted by molar-refractivity contribution is -0.139. The van der Waals surface area contributed by atoms with Crippen LogP contribution < -0.4 is 79.5 Å². The molecule has 0 aliphatic carbocycles. The van der Waals surface area contributed by atoms with Crippen LogP contribution in [-0.2, 0) is 56.1 Å². The van der Waals surface area contributed by atoms with Crippen LogP contribution in [0.15, 0.2) is 103 Å². The molecule has 0 bridgehead atoms. The molecule has 29 nitrogen and oxygen atoms in total. The number of carboxylic acid groups (broad SMARTS) is 1. The first-order valence-corrected chi connectivity index (χ1v) is 30.2. The van der Waals surface area contributed by atoms with Crippen LogP contribution in [0, 0.1) is 16.2 Å². The van der Waals surface area contributed by atoms with Crippen molar-refractivity contribution in [3.05, 3.63) is 153 Å². The molecule has 4 amide bonds. The fraction of sp³-hybridized carbons (Fsp3) is 0.333. The second-order valence-corrected chi connectivity index (χ2v) is 22.2. The zero-order chi connectivity index (χ0) is 69.3. The zero-order valence-corrected chi connectivity index (χ0v) is 52.9. The first-order valence-electron chi connectivity index (χ1n) is 30.2. The van der Waals surface area contributed by atoms with Crippen molar-refractivity contribution in [1.29, 1.82) is 16.2 Å². The van der Waals surface area contributed by atoms with Gasteiger partial charge in [0.15, 0.2) is 47.6 Å². The molecule has 5 aromatic carbocycles. The Hall–Kier alpha value is -11.4. The number of fused-ring (bicyclic) bond motifs is 1. The molecule has 0 aliphatic heterocycles. The highest BCUT2D eigenvalue weighted by atomic mass is 16.5. The van der Waals surface area contributed by atoms with Gasteiger partial charge in [0.2, 0.25) is 0 Å². The van der Waals surface area contributed by atoms with E-state index in [1.807, 2.05) is 30.5 Å². The van der Waals surface area contributed by atoms with Crippen molar-refractivity contribution in [1.82, 2.24) is 36.9 Å².